The maximum Gasteiger partial charge on any atom is 0.323 e. The van der Waals surface area contributed by atoms with Gasteiger partial charge in [-0.25, -0.2) is 0 Å². The Bertz CT molecular complexity index is 518. The first kappa shape index (κ1) is 14.5. The summed E-state index contributed by atoms with van der Waals surface area (Å²) in [6, 6.07) is 6.07. The smallest absolute Gasteiger partial charge is 0.323 e. The zero-order valence-electron chi connectivity index (χ0n) is 12.0. The summed E-state index contributed by atoms with van der Waals surface area (Å²) in [6.45, 7) is 1.17. The first-order valence-electron chi connectivity index (χ1n) is 7.12. The van der Waals surface area contributed by atoms with Crippen molar-refractivity contribution in [3.05, 3.63) is 18.2 Å². The molecule has 1 atom stereocenters. The van der Waals surface area contributed by atoms with E-state index in [9.17, 15) is 4.79 Å². The van der Waals surface area contributed by atoms with Gasteiger partial charge in [0, 0.05) is 16.7 Å². The monoisotopic (exact) mass is 309 g/mol. The fourth-order valence-corrected chi connectivity index (χ4v) is 3.10. The average Bonchev–Trinajstić information content (AvgIpc) is 3.34. The van der Waals surface area contributed by atoms with Crippen LogP contribution in [0.15, 0.2) is 23.1 Å². The molecule has 5 nitrogen and oxygen atoms in total. The molecule has 1 unspecified atom stereocenters. The van der Waals surface area contributed by atoms with Gasteiger partial charge in [0.1, 0.15) is 19.3 Å². The first-order chi connectivity index (χ1) is 10.3. The number of fused-ring (bicyclic) bond motifs is 1. The van der Waals surface area contributed by atoms with Crippen LogP contribution in [0.25, 0.3) is 0 Å². The van der Waals surface area contributed by atoms with Gasteiger partial charge in [-0.15, -0.1) is 11.8 Å². The van der Waals surface area contributed by atoms with Gasteiger partial charge in [0.25, 0.3) is 0 Å². The van der Waals surface area contributed by atoms with Crippen molar-refractivity contribution in [1.82, 2.24) is 5.32 Å². The molecule has 6 heteroatoms. The SMILES string of the molecule is COC(=O)C(CSc1ccc2c(c1)OCCO2)NC1CC1. The summed E-state index contributed by atoms with van der Waals surface area (Å²) in [7, 11) is 1.43. The Labute approximate surface area is 128 Å². The molecule has 1 saturated carbocycles. The van der Waals surface area contributed by atoms with Gasteiger partial charge in [-0.2, -0.15) is 0 Å². The van der Waals surface area contributed by atoms with Crippen LogP contribution < -0.4 is 14.8 Å². The number of methoxy groups -OCH3 is 1. The number of carbonyl (C=O) groups is 1. The van der Waals surface area contributed by atoms with E-state index in [0.29, 0.717) is 25.0 Å². The molecule has 1 aromatic carbocycles. The van der Waals surface area contributed by atoms with Crippen molar-refractivity contribution < 1.29 is 19.0 Å². The van der Waals surface area contributed by atoms with Crippen LogP contribution in [0.2, 0.25) is 0 Å². The molecule has 1 fully saturated rings. The molecule has 1 aliphatic carbocycles. The minimum atomic E-state index is -0.263. The summed E-state index contributed by atoms with van der Waals surface area (Å²) in [5.41, 5.74) is 0. The zero-order chi connectivity index (χ0) is 14.7. The third kappa shape index (κ3) is 3.83. The Morgan fingerprint density at radius 2 is 2.14 bits per heavy atom. The van der Waals surface area contributed by atoms with E-state index < -0.39 is 0 Å². The molecule has 0 bridgehead atoms. The predicted octanol–water partition coefficient (Wildman–Crippen LogP) is 1.84. The summed E-state index contributed by atoms with van der Waals surface area (Å²) in [6.07, 6.45) is 2.28. The molecule has 1 aromatic rings. The first-order valence-corrected chi connectivity index (χ1v) is 8.11. The van der Waals surface area contributed by atoms with E-state index in [1.807, 2.05) is 18.2 Å². The molecule has 1 N–H and O–H groups in total. The normalized spacial score (nSPS) is 18.1. The number of hydrogen-bond donors (Lipinski definition) is 1. The molecule has 3 rings (SSSR count). The van der Waals surface area contributed by atoms with Gasteiger partial charge in [-0.1, -0.05) is 0 Å². The van der Waals surface area contributed by atoms with Crippen LogP contribution in [0.1, 0.15) is 12.8 Å². The fourth-order valence-electron chi connectivity index (χ4n) is 2.15. The molecule has 1 heterocycles. The maximum atomic E-state index is 11.8. The van der Waals surface area contributed by atoms with E-state index in [0.717, 1.165) is 29.2 Å². The number of nitrogens with one attached hydrogen (secondary N) is 1. The molecular weight excluding hydrogens is 290 g/mol. The second-order valence-electron chi connectivity index (χ2n) is 5.13. The van der Waals surface area contributed by atoms with Crippen molar-refractivity contribution in [1.29, 1.82) is 0 Å². The summed E-state index contributed by atoms with van der Waals surface area (Å²) in [5, 5.41) is 3.32. The Kier molecular flexibility index (Phi) is 4.55. The minimum absolute atomic E-state index is 0.202. The van der Waals surface area contributed by atoms with Crippen molar-refractivity contribution in [2.75, 3.05) is 26.1 Å². The number of carbonyl (C=O) groups excluding carboxylic acids is 1. The summed E-state index contributed by atoms with van der Waals surface area (Å²) < 4.78 is 15.9. The molecule has 0 spiro atoms. The maximum absolute atomic E-state index is 11.8. The lowest BCUT2D eigenvalue weighted by Crippen LogP contribution is -2.40. The summed E-state index contributed by atoms with van der Waals surface area (Å²) in [5.74, 6) is 2.00. The molecule has 0 aromatic heterocycles. The largest absolute Gasteiger partial charge is 0.486 e. The van der Waals surface area contributed by atoms with Gasteiger partial charge in [-0.05, 0) is 31.0 Å². The minimum Gasteiger partial charge on any atom is -0.486 e. The third-order valence-electron chi connectivity index (χ3n) is 3.43. The van der Waals surface area contributed by atoms with Crippen LogP contribution in [-0.2, 0) is 9.53 Å². The van der Waals surface area contributed by atoms with E-state index in [-0.39, 0.29) is 12.0 Å². The van der Waals surface area contributed by atoms with E-state index in [2.05, 4.69) is 5.32 Å². The van der Waals surface area contributed by atoms with Gasteiger partial charge in [0.15, 0.2) is 11.5 Å². The standard InChI is InChI=1S/C15H19NO4S/c1-18-15(17)12(16-10-2-3-10)9-21-11-4-5-13-14(8-11)20-7-6-19-13/h4-5,8,10,12,16H,2-3,6-7,9H2,1H3. The molecule has 0 saturated heterocycles. The Hall–Kier alpha value is -1.40. The Balaban J connectivity index is 1.60. The van der Waals surface area contributed by atoms with Gasteiger partial charge in [-0.3, -0.25) is 4.79 Å². The lowest BCUT2D eigenvalue weighted by atomic mass is 10.3. The highest BCUT2D eigenvalue weighted by Crippen LogP contribution is 2.34. The fraction of sp³-hybridized carbons (Fsp3) is 0.533. The molecule has 0 amide bonds. The quantitative estimate of drug-likeness (QED) is 0.639. The topological polar surface area (TPSA) is 56.8 Å². The summed E-state index contributed by atoms with van der Waals surface area (Å²) in [4.78, 5) is 12.8. The van der Waals surface area contributed by atoms with Crippen LogP contribution >= 0.6 is 11.8 Å². The van der Waals surface area contributed by atoms with Crippen LogP contribution in [0.4, 0.5) is 0 Å². The van der Waals surface area contributed by atoms with Crippen molar-refractivity contribution in [2.45, 2.75) is 29.8 Å². The van der Waals surface area contributed by atoms with Crippen LogP contribution in [0.3, 0.4) is 0 Å². The number of thioether (sulfide) groups is 1. The number of ether oxygens (including phenoxy) is 3. The number of rotatable bonds is 6. The lowest BCUT2D eigenvalue weighted by Gasteiger charge is -2.19. The van der Waals surface area contributed by atoms with Crippen molar-refractivity contribution >= 4 is 17.7 Å². The number of esters is 1. The van der Waals surface area contributed by atoms with Crippen molar-refractivity contribution in [3.8, 4) is 11.5 Å². The van der Waals surface area contributed by atoms with Gasteiger partial charge < -0.3 is 19.5 Å². The highest BCUT2D eigenvalue weighted by Gasteiger charge is 2.29. The molecule has 0 radical (unpaired) electrons. The number of benzene rings is 1. The van der Waals surface area contributed by atoms with Gasteiger partial charge >= 0.3 is 5.97 Å². The van der Waals surface area contributed by atoms with Crippen LogP contribution in [0.5, 0.6) is 11.5 Å². The highest BCUT2D eigenvalue weighted by atomic mass is 32.2. The van der Waals surface area contributed by atoms with Crippen LogP contribution in [-0.4, -0.2) is 44.1 Å². The third-order valence-corrected chi connectivity index (χ3v) is 4.52. The van der Waals surface area contributed by atoms with Crippen molar-refractivity contribution in [2.24, 2.45) is 0 Å². The van der Waals surface area contributed by atoms with Crippen molar-refractivity contribution in [3.63, 3.8) is 0 Å². The van der Waals surface area contributed by atoms with E-state index in [1.54, 1.807) is 11.8 Å². The van der Waals surface area contributed by atoms with E-state index in [4.69, 9.17) is 14.2 Å². The number of hydrogen-bond acceptors (Lipinski definition) is 6. The second-order valence-corrected chi connectivity index (χ2v) is 6.23. The van der Waals surface area contributed by atoms with E-state index in [1.165, 1.54) is 7.11 Å². The molecule has 1 aliphatic heterocycles. The van der Waals surface area contributed by atoms with Gasteiger partial charge in [0.05, 0.1) is 7.11 Å². The van der Waals surface area contributed by atoms with Gasteiger partial charge in [0.2, 0.25) is 0 Å². The highest BCUT2D eigenvalue weighted by molar-refractivity contribution is 7.99. The predicted molar refractivity (Wildman–Crippen MR) is 80.1 cm³/mol. The molecule has 21 heavy (non-hydrogen) atoms. The summed E-state index contributed by atoms with van der Waals surface area (Å²) >= 11 is 1.62. The molecular formula is C15H19NO4S. The Morgan fingerprint density at radius 1 is 1.38 bits per heavy atom. The van der Waals surface area contributed by atoms with Crippen LogP contribution in [0, 0.1) is 0 Å². The molecule has 114 valence electrons. The Morgan fingerprint density at radius 3 is 2.86 bits per heavy atom. The second kappa shape index (κ2) is 6.58. The zero-order valence-corrected chi connectivity index (χ0v) is 12.8. The lowest BCUT2D eigenvalue weighted by molar-refractivity contribution is -0.142. The average molecular weight is 309 g/mol. The van der Waals surface area contributed by atoms with E-state index >= 15 is 0 Å². The molecule has 2 aliphatic rings.